The van der Waals surface area contributed by atoms with Crippen molar-refractivity contribution in [2.45, 2.75) is 24.9 Å². The van der Waals surface area contributed by atoms with Crippen molar-refractivity contribution in [2.75, 3.05) is 13.1 Å². The monoisotopic (exact) mass is 363 g/mol. The lowest BCUT2D eigenvalue weighted by atomic mass is 9.82. The minimum absolute atomic E-state index is 0.0436. The lowest BCUT2D eigenvalue weighted by Crippen LogP contribution is -2.49. The van der Waals surface area contributed by atoms with Crippen LogP contribution in [0, 0.1) is 5.92 Å². The van der Waals surface area contributed by atoms with Crippen molar-refractivity contribution in [1.29, 1.82) is 0 Å². The number of benzene rings is 1. The largest absolute Gasteiger partial charge is 0.480 e. The molecule has 2 aliphatic heterocycles. The predicted octanol–water partition coefficient (Wildman–Crippen LogP) is 2.57. The predicted molar refractivity (Wildman–Crippen MR) is 102 cm³/mol. The Labute approximate surface area is 156 Å². The van der Waals surface area contributed by atoms with Crippen molar-refractivity contribution in [1.82, 2.24) is 14.5 Å². The molecule has 5 rings (SSSR count). The molecule has 27 heavy (non-hydrogen) atoms. The number of aromatic amines is 1. The molecule has 2 N–H and O–H groups in total. The van der Waals surface area contributed by atoms with E-state index in [0.717, 1.165) is 28.6 Å². The maximum Gasteiger partial charge on any atom is 0.325 e. The highest BCUT2D eigenvalue weighted by Crippen LogP contribution is 2.39. The fourth-order valence-corrected chi connectivity index (χ4v) is 4.95. The van der Waals surface area contributed by atoms with Crippen molar-refractivity contribution in [3.63, 3.8) is 0 Å². The zero-order valence-electron chi connectivity index (χ0n) is 14.8. The number of pyridine rings is 1. The molecule has 138 valence electrons. The lowest BCUT2D eigenvalue weighted by molar-refractivity contribution is -0.144. The summed E-state index contributed by atoms with van der Waals surface area (Å²) >= 11 is 0. The third-order valence-electron chi connectivity index (χ3n) is 6.02. The number of H-pyrrole nitrogens is 1. The summed E-state index contributed by atoms with van der Waals surface area (Å²) in [6.07, 6.45) is 2.84. The molecule has 0 unspecified atom stereocenters. The second-order valence-electron chi connectivity index (χ2n) is 7.68. The zero-order chi connectivity index (χ0) is 18.5. The molecular weight excluding hydrogens is 342 g/mol. The number of carboxylic acid groups (broad SMARTS) is 1. The number of para-hydroxylation sites is 1. The van der Waals surface area contributed by atoms with E-state index in [1.54, 1.807) is 6.07 Å². The van der Waals surface area contributed by atoms with Crippen LogP contribution in [0.25, 0.3) is 10.9 Å². The van der Waals surface area contributed by atoms with Gasteiger partial charge in [-0.05, 0) is 24.5 Å². The van der Waals surface area contributed by atoms with E-state index in [9.17, 15) is 14.7 Å². The average Bonchev–Trinajstić information content (AvgIpc) is 3.06. The number of aromatic nitrogens is 2. The molecule has 3 atom stereocenters. The van der Waals surface area contributed by atoms with Crippen LogP contribution in [0.4, 0.5) is 0 Å². The maximum absolute atomic E-state index is 12.2. The van der Waals surface area contributed by atoms with Crippen molar-refractivity contribution in [3.8, 4) is 0 Å². The summed E-state index contributed by atoms with van der Waals surface area (Å²) in [5.41, 5.74) is 2.84. The van der Waals surface area contributed by atoms with Gasteiger partial charge in [0, 0.05) is 60.0 Å². The van der Waals surface area contributed by atoms with Crippen LogP contribution in [0.5, 0.6) is 0 Å². The van der Waals surface area contributed by atoms with E-state index in [4.69, 9.17) is 0 Å². The summed E-state index contributed by atoms with van der Waals surface area (Å²) in [6, 6.07) is 12.5. The Kier molecular flexibility index (Phi) is 3.68. The van der Waals surface area contributed by atoms with Gasteiger partial charge in [-0.25, -0.2) is 0 Å². The minimum atomic E-state index is -0.829. The molecule has 3 aromatic rings. The number of aliphatic carboxylic acids is 1. The molecule has 2 bridgehead atoms. The summed E-state index contributed by atoms with van der Waals surface area (Å²) in [6.45, 7) is 2.01. The molecule has 0 spiro atoms. The molecule has 1 fully saturated rings. The van der Waals surface area contributed by atoms with Crippen LogP contribution in [0.3, 0.4) is 0 Å². The number of likely N-dealkylation sites (tertiary alicyclic amines) is 1. The Morgan fingerprint density at radius 1 is 1.11 bits per heavy atom. The van der Waals surface area contributed by atoms with Crippen LogP contribution in [0.1, 0.15) is 29.6 Å². The first-order valence-electron chi connectivity index (χ1n) is 9.34. The summed E-state index contributed by atoms with van der Waals surface area (Å²) in [4.78, 5) is 29.7. The van der Waals surface area contributed by atoms with Gasteiger partial charge in [0.1, 0.15) is 6.04 Å². The topological polar surface area (TPSA) is 78.3 Å². The van der Waals surface area contributed by atoms with Gasteiger partial charge in [0.15, 0.2) is 0 Å². The van der Waals surface area contributed by atoms with Crippen molar-refractivity contribution >= 4 is 16.9 Å². The van der Waals surface area contributed by atoms with E-state index in [-0.39, 0.29) is 11.5 Å². The number of hydrogen-bond acceptors (Lipinski definition) is 3. The van der Waals surface area contributed by atoms with Crippen LogP contribution >= 0.6 is 0 Å². The van der Waals surface area contributed by atoms with Gasteiger partial charge < -0.3 is 14.7 Å². The Morgan fingerprint density at radius 3 is 2.81 bits per heavy atom. The zero-order valence-corrected chi connectivity index (χ0v) is 14.8. The maximum atomic E-state index is 12.2. The highest BCUT2D eigenvalue weighted by molar-refractivity contribution is 5.89. The molecule has 0 aliphatic carbocycles. The second-order valence-corrected chi connectivity index (χ2v) is 7.68. The van der Waals surface area contributed by atoms with E-state index in [1.165, 1.54) is 0 Å². The summed E-state index contributed by atoms with van der Waals surface area (Å²) in [7, 11) is 0. The average molecular weight is 363 g/mol. The normalized spacial score (nSPS) is 23.1. The number of carbonyl (C=O) groups is 1. The molecular formula is C21H21N3O3. The van der Waals surface area contributed by atoms with Crippen molar-refractivity contribution in [3.05, 3.63) is 70.3 Å². The Morgan fingerprint density at radius 2 is 1.96 bits per heavy atom. The van der Waals surface area contributed by atoms with Crippen molar-refractivity contribution < 1.29 is 9.90 Å². The Hall–Kier alpha value is -2.86. The van der Waals surface area contributed by atoms with Crippen LogP contribution in [-0.2, 0) is 11.3 Å². The van der Waals surface area contributed by atoms with Gasteiger partial charge in [-0.3, -0.25) is 14.5 Å². The smallest absolute Gasteiger partial charge is 0.325 e. The van der Waals surface area contributed by atoms with E-state index in [2.05, 4.69) is 9.88 Å². The summed E-state index contributed by atoms with van der Waals surface area (Å²) in [5.74, 6) is -0.341. The van der Waals surface area contributed by atoms with Crippen LogP contribution in [-0.4, -0.2) is 38.6 Å². The molecule has 2 aliphatic rings. The first-order chi connectivity index (χ1) is 13.1. The number of piperidine rings is 1. The highest BCUT2D eigenvalue weighted by Gasteiger charge is 2.40. The molecule has 4 heterocycles. The standard InChI is InChI=1S/C21H21N3O3/c25-19-7-3-6-18-14-8-13(11-24(18)19)10-23(12-14)20(21(26)27)16-9-22-17-5-2-1-4-15(16)17/h1-7,9,13-14,20,22H,8,10-12H2,(H,26,27)/t13-,14-,20-/m0/s1. The lowest BCUT2D eigenvalue weighted by Gasteiger charge is -2.44. The van der Waals surface area contributed by atoms with Gasteiger partial charge >= 0.3 is 5.97 Å². The van der Waals surface area contributed by atoms with E-state index >= 15 is 0 Å². The van der Waals surface area contributed by atoms with Gasteiger partial charge in [0.05, 0.1) is 0 Å². The molecule has 1 aromatic carbocycles. The fourth-order valence-electron chi connectivity index (χ4n) is 4.95. The SMILES string of the molecule is O=C(O)[C@H](c1c[nH]c2ccccc12)N1C[C@@H]2C[C@@H](C1)c1cccc(=O)n1C2. The third-order valence-corrected chi connectivity index (χ3v) is 6.02. The van der Waals surface area contributed by atoms with Crippen molar-refractivity contribution in [2.24, 2.45) is 5.92 Å². The molecule has 0 saturated carbocycles. The van der Waals surface area contributed by atoms with Crippen LogP contribution in [0.2, 0.25) is 0 Å². The van der Waals surface area contributed by atoms with E-state index in [0.29, 0.717) is 25.6 Å². The highest BCUT2D eigenvalue weighted by atomic mass is 16.4. The van der Waals surface area contributed by atoms with Gasteiger partial charge in [-0.1, -0.05) is 24.3 Å². The third kappa shape index (κ3) is 2.59. The molecule has 2 aromatic heterocycles. The van der Waals surface area contributed by atoms with E-state index in [1.807, 2.05) is 47.2 Å². The Bertz CT molecular complexity index is 1080. The van der Waals surface area contributed by atoms with Gasteiger partial charge in [0.25, 0.3) is 5.56 Å². The number of nitrogens with one attached hydrogen (secondary N) is 1. The number of rotatable bonds is 3. The van der Waals surface area contributed by atoms with Crippen LogP contribution < -0.4 is 5.56 Å². The molecule has 0 radical (unpaired) electrons. The fraction of sp³-hybridized carbons (Fsp3) is 0.333. The van der Waals surface area contributed by atoms with Gasteiger partial charge in [-0.2, -0.15) is 0 Å². The quantitative estimate of drug-likeness (QED) is 0.750. The van der Waals surface area contributed by atoms with E-state index < -0.39 is 12.0 Å². The molecule has 6 nitrogen and oxygen atoms in total. The minimum Gasteiger partial charge on any atom is -0.480 e. The Balaban J connectivity index is 1.54. The number of carboxylic acids is 1. The molecule has 0 amide bonds. The first kappa shape index (κ1) is 16.3. The number of hydrogen-bond donors (Lipinski definition) is 2. The summed E-state index contributed by atoms with van der Waals surface area (Å²) in [5, 5.41) is 11.0. The first-order valence-corrected chi connectivity index (χ1v) is 9.34. The van der Waals surface area contributed by atoms with Gasteiger partial charge in [-0.15, -0.1) is 0 Å². The second kappa shape index (κ2) is 6.09. The molecule has 1 saturated heterocycles. The van der Waals surface area contributed by atoms with Gasteiger partial charge in [0.2, 0.25) is 0 Å². The summed E-state index contributed by atoms with van der Waals surface area (Å²) < 4.78 is 1.87. The number of fused-ring (bicyclic) bond motifs is 5. The van der Waals surface area contributed by atoms with Crippen LogP contribution in [0.15, 0.2) is 53.5 Å². The molecule has 6 heteroatoms. The number of nitrogens with zero attached hydrogens (tertiary/aromatic N) is 2.